The molecule has 0 aliphatic carbocycles. The SMILES string of the molecule is CC(CC(=O)NC1CCN(Cc2ccccc2)C1)C1CCCNC1. The second kappa shape index (κ2) is 8.63. The highest BCUT2D eigenvalue weighted by Crippen LogP contribution is 2.22. The summed E-state index contributed by atoms with van der Waals surface area (Å²) >= 11 is 0. The minimum atomic E-state index is 0.236. The molecular formula is C20H31N3O. The predicted molar refractivity (Wildman–Crippen MR) is 97.6 cm³/mol. The zero-order valence-electron chi connectivity index (χ0n) is 14.8. The molecular weight excluding hydrogens is 298 g/mol. The van der Waals surface area contributed by atoms with Gasteiger partial charge in [-0.15, -0.1) is 0 Å². The summed E-state index contributed by atoms with van der Waals surface area (Å²) in [5.41, 5.74) is 1.35. The molecule has 0 saturated carbocycles. The van der Waals surface area contributed by atoms with Crippen molar-refractivity contribution in [2.75, 3.05) is 26.2 Å². The number of nitrogens with one attached hydrogen (secondary N) is 2. The molecule has 0 radical (unpaired) electrons. The molecule has 4 nitrogen and oxygen atoms in total. The lowest BCUT2D eigenvalue weighted by Gasteiger charge is -2.28. The smallest absolute Gasteiger partial charge is 0.220 e. The van der Waals surface area contributed by atoms with Gasteiger partial charge in [0, 0.05) is 32.1 Å². The molecule has 2 aliphatic rings. The quantitative estimate of drug-likeness (QED) is 0.842. The zero-order chi connectivity index (χ0) is 16.8. The fourth-order valence-electron chi connectivity index (χ4n) is 4.05. The number of carbonyl (C=O) groups is 1. The average Bonchev–Trinajstić information content (AvgIpc) is 3.03. The minimum absolute atomic E-state index is 0.236. The van der Waals surface area contributed by atoms with Crippen LogP contribution in [-0.4, -0.2) is 43.0 Å². The van der Waals surface area contributed by atoms with Crippen molar-refractivity contribution in [1.29, 1.82) is 0 Å². The Morgan fingerprint density at radius 2 is 2.17 bits per heavy atom. The molecule has 0 aromatic heterocycles. The lowest BCUT2D eigenvalue weighted by molar-refractivity contribution is -0.123. The van der Waals surface area contributed by atoms with Gasteiger partial charge in [-0.3, -0.25) is 9.69 Å². The number of hydrogen-bond donors (Lipinski definition) is 2. The zero-order valence-corrected chi connectivity index (χ0v) is 14.8. The molecule has 2 aliphatic heterocycles. The van der Waals surface area contributed by atoms with Crippen LogP contribution in [0.15, 0.2) is 30.3 Å². The molecule has 0 spiro atoms. The van der Waals surface area contributed by atoms with E-state index in [4.69, 9.17) is 0 Å². The van der Waals surface area contributed by atoms with Gasteiger partial charge >= 0.3 is 0 Å². The Bertz CT molecular complexity index is 513. The molecule has 3 unspecified atom stereocenters. The third kappa shape index (κ3) is 5.05. The van der Waals surface area contributed by atoms with E-state index in [1.165, 1.54) is 18.4 Å². The van der Waals surface area contributed by atoms with E-state index < -0.39 is 0 Å². The molecule has 2 N–H and O–H groups in total. The second-order valence-electron chi connectivity index (χ2n) is 7.56. The van der Waals surface area contributed by atoms with E-state index in [2.05, 4.69) is 52.8 Å². The van der Waals surface area contributed by atoms with E-state index in [0.29, 0.717) is 24.3 Å². The molecule has 1 aromatic carbocycles. The fraction of sp³-hybridized carbons (Fsp3) is 0.650. The number of hydrogen-bond acceptors (Lipinski definition) is 3. The first-order valence-electron chi connectivity index (χ1n) is 9.47. The highest BCUT2D eigenvalue weighted by molar-refractivity contribution is 5.76. The molecule has 4 heteroatoms. The Hall–Kier alpha value is -1.39. The van der Waals surface area contributed by atoms with Crippen molar-refractivity contribution >= 4 is 5.91 Å². The van der Waals surface area contributed by atoms with Crippen LogP contribution in [0, 0.1) is 11.8 Å². The van der Waals surface area contributed by atoms with Crippen molar-refractivity contribution in [2.24, 2.45) is 11.8 Å². The van der Waals surface area contributed by atoms with Crippen LogP contribution in [0.1, 0.15) is 38.2 Å². The maximum Gasteiger partial charge on any atom is 0.220 e. The molecule has 3 rings (SSSR count). The monoisotopic (exact) mass is 329 g/mol. The Morgan fingerprint density at radius 3 is 2.92 bits per heavy atom. The van der Waals surface area contributed by atoms with Gasteiger partial charge < -0.3 is 10.6 Å². The lowest BCUT2D eigenvalue weighted by Crippen LogP contribution is -2.39. The first kappa shape index (κ1) is 17.4. The van der Waals surface area contributed by atoms with Crippen molar-refractivity contribution in [3.63, 3.8) is 0 Å². The third-order valence-electron chi connectivity index (χ3n) is 5.53. The standard InChI is InChI=1S/C20H31N3O/c1-16(18-8-5-10-21-13-18)12-20(24)22-19-9-11-23(15-19)14-17-6-3-2-4-7-17/h2-4,6-7,16,18-19,21H,5,8-15H2,1H3,(H,22,24). The van der Waals surface area contributed by atoms with Gasteiger partial charge in [0.25, 0.3) is 0 Å². The van der Waals surface area contributed by atoms with Gasteiger partial charge in [0.1, 0.15) is 0 Å². The van der Waals surface area contributed by atoms with Gasteiger partial charge in [0.2, 0.25) is 5.91 Å². The fourth-order valence-corrected chi connectivity index (χ4v) is 4.05. The van der Waals surface area contributed by atoms with Crippen LogP contribution >= 0.6 is 0 Å². The Kier molecular flexibility index (Phi) is 6.27. The number of likely N-dealkylation sites (tertiary alicyclic amines) is 1. The predicted octanol–water partition coefficient (Wildman–Crippen LogP) is 2.40. The number of amides is 1. The van der Waals surface area contributed by atoms with Crippen LogP contribution in [0.4, 0.5) is 0 Å². The van der Waals surface area contributed by atoms with Gasteiger partial charge in [0.05, 0.1) is 0 Å². The van der Waals surface area contributed by atoms with E-state index >= 15 is 0 Å². The summed E-state index contributed by atoms with van der Waals surface area (Å²) in [5.74, 6) is 1.36. The normalized spacial score (nSPS) is 26.2. The van der Waals surface area contributed by atoms with Crippen LogP contribution in [0.5, 0.6) is 0 Å². The molecule has 2 saturated heterocycles. The number of nitrogens with zero attached hydrogens (tertiary/aromatic N) is 1. The summed E-state index contributed by atoms with van der Waals surface area (Å²) in [6.07, 6.45) is 4.24. The Morgan fingerprint density at radius 1 is 1.33 bits per heavy atom. The van der Waals surface area contributed by atoms with E-state index in [0.717, 1.165) is 39.1 Å². The van der Waals surface area contributed by atoms with Crippen LogP contribution in [0.2, 0.25) is 0 Å². The molecule has 3 atom stereocenters. The highest BCUT2D eigenvalue weighted by atomic mass is 16.1. The van der Waals surface area contributed by atoms with Crippen LogP contribution in [0.25, 0.3) is 0 Å². The van der Waals surface area contributed by atoms with Gasteiger partial charge in [0.15, 0.2) is 0 Å². The number of benzene rings is 1. The molecule has 0 bridgehead atoms. The van der Waals surface area contributed by atoms with Gasteiger partial charge in [-0.1, -0.05) is 37.3 Å². The topological polar surface area (TPSA) is 44.4 Å². The molecule has 2 fully saturated rings. The van der Waals surface area contributed by atoms with Crippen LogP contribution in [-0.2, 0) is 11.3 Å². The van der Waals surface area contributed by atoms with E-state index in [1.807, 2.05) is 0 Å². The van der Waals surface area contributed by atoms with Crippen molar-refractivity contribution < 1.29 is 4.79 Å². The van der Waals surface area contributed by atoms with E-state index in [1.54, 1.807) is 0 Å². The molecule has 24 heavy (non-hydrogen) atoms. The first-order chi connectivity index (χ1) is 11.7. The Balaban J connectivity index is 1.39. The number of rotatable bonds is 6. The summed E-state index contributed by atoms with van der Waals surface area (Å²) in [5, 5.41) is 6.72. The van der Waals surface area contributed by atoms with Crippen LogP contribution < -0.4 is 10.6 Å². The summed E-state index contributed by atoms with van der Waals surface area (Å²) in [6.45, 7) is 7.46. The maximum atomic E-state index is 12.4. The second-order valence-corrected chi connectivity index (χ2v) is 7.56. The molecule has 1 amide bonds. The average molecular weight is 329 g/mol. The van der Waals surface area contributed by atoms with Gasteiger partial charge in [-0.25, -0.2) is 0 Å². The summed E-state index contributed by atoms with van der Waals surface area (Å²) in [6, 6.07) is 10.9. The number of carbonyl (C=O) groups excluding carboxylic acids is 1. The lowest BCUT2D eigenvalue weighted by atomic mass is 9.85. The summed E-state index contributed by atoms with van der Waals surface area (Å²) in [7, 11) is 0. The van der Waals surface area contributed by atoms with Crippen molar-refractivity contribution in [1.82, 2.24) is 15.5 Å². The Labute approximate surface area is 146 Å². The number of piperidine rings is 1. The molecule has 1 aromatic rings. The van der Waals surface area contributed by atoms with E-state index in [-0.39, 0.29) is 5.91 Å². The maximum absolute atomic E-state index is 12.4. The van der Waals surface area contributed by atoms with Crippen LogP contribution in [0.3, 0.4) is 0 Å². The highest BCUT2D eigenvalue weighted by Gasteiger charge is 2.26. The third-order valence-corrected chi connectivity index (χ3v) is 5.53. The van der Waals surface area contributed by atoms with Crippen molar-refractivity contribution in [3.8, 4) is 0 Å². The largest absolute Gasteiger partial charge is 0.352 e. The van der Waals surface area contributed by atoms with Crippen molar-refractivity contribution in [3.05, 3.63) is 35.9 Å². The molecule has 2 heterocycles. The van der Waals surface area contributed by atoms with Crippen molar-refractivity contribution in [2.45, 2.75) is 45.2 Å². The minimum Gasteiger partial charge on any atom is -0.352 e. The summed E-state index contributed by atoms with van der Waals surface area (Å²) in [4.78, 5) is 14.8. The van der Waals surface area contributed by atoms with Gasteiger partial charge in [-0.2, -0.15) is 0 Å². The molecule has 132 valence electrons. The van der Waals surface area contributed by atoms with Gasteiger partial charge in [-0.05, 0) is 49.8 Å². The first-order valence-corrected chi connectivity index (χ1v) is 9.47. The summed E-state index contributed by atoms with van der Waals surface area (Å²) < 4.78 is 0. The van der Waals surface area contributed by atoms with E-state index in [9.17, 15) is 4.79 Å².